The Hall–Kier alpha value is -8.74. The van der Waals surface area contributed by atoms with E-state index in [1.807, 2.05) is 69.2 Å². The van der Waals surface area contributed by atoms with Crippen molar-refractivity contribution in [2.75, 3.05) is 28.4 Å². The van der Waals surface area contributed by atoms with Gasteiger partial charge in [0.25, 0.3) is 0 Å². The summed E-state index contributed by atoms with van der Waals surface area (Å²) in [6, 6.07) is 0. The van der Waals surface area contributed by atoms with Crippen LogP contribution in [0, 0.1) is 32.5 Å². The van der Waals surface area contributed by atoms with Gasteiger partial charge in [0.15, 0.2) is 22.8 Å². The van der Waals surface area contributed by atoms with Gasteiger partial charge in [-0.1, -0.05) is 13.8 Å². The van der Waals surface area contributed by atoms with Gasteiger partial charge in [-0.25, -0.2) is 33.6 Å². The van der Waals surface area contributed by atoms with E-state index in [9.17, 15) is 76.7 Å². The van der Waals surface area contributed by atoms with Crippen LogP contribution in [0.1, 0.15) is 388 Å². The van der Waals surface area contributed by atoms with Crippen molar-refractivity contribution in [2.24, 2.45) is 32.5 Å². The highest BCUT2D eigenvalue weighted by Gasteiger charge is 2.61. The smallest absolute Gasteiger partial charge is 0.457 e. The fraction of sp³-hybridized carbons (Fsp3) is 0.835. The minimum absolute atomic E-state index is 0.0387. The van der Waals surface area contributed by atoms with E-state index in [-0.39, 0.29) is 63.8 Å². The summed E-state index contributed by atoms with van der Waals surface area (Å²) in [5.41, 5.74) is -18.5. The molecule has 37 heteroatoms. The van der Waals surface area contributed by atoms with Crippen molar-refractivity contribution < 1.29 is 176 Å². The number of methoxy groups -OCH3 is 4. The normalized spacial score (nSPS) is 19.5. The molecule has 7 heterocycles. The molecule has 0 radical (unpaired) electrons. The number of cyclic esters (lactones) is 8. The van der Waals surface area contributed by atoms with Gasteiger partial charge in [-0.2, -0.15) is 9.59 Å². The maximum absolute atomic E-state index is 12.9. The SMILES string of the molecule is CC1(C)C(=O)OC(=O)C1(C)C.CC1(C)OC(=O)C(C)(C)OC1=O.CC1(C)OC(=O)C(C)(C)OC1=O.CC1(C)OC1(C)C.CC1(C)OC1(C)C.CC1(C)OC1=O.CC1(C)OC1=O.COC(C)(C)C(C)(C)OC(=O)C(C)(C)C(C)(C)C(=O)OC(C)(C)C(C)=O.COC(C)(C)C(C)(C)OC(=O)C(C)(C)C(C)(C)C(C)=O.COC(C)(C)C(C)(C)OC(=O)OC(C)(C)C(C)=O.COC(C)(C)C(C)(C)OC(C)=O.O=C=O. The Morgan fingerprint density at radius 3 is 0.550 bits per heavy atom. The van der Waals surface area contributed by atoms with E-state index in [4.69, 9.17) is 85.4 Å². The monoisotopic (exact) mass is 2010 g/mol. The minimum atomic E-state index is -1.26. The van der Waals surface area contributed by atoms with Crippen LogP contribution in [0.25, 0.3) is 0 Å². The largest absolute Gasteiger partial charge is 0.509 e. The molecule has 0 aromatic heterocycles. The number of carbonyl (C=O) groups excluding carboxylic acids is 18. The lowest BCUT2D eigenvalue weighted by Crippen LogP contribution is -2.55. The van der Waals surface area contributed by atoms with Gasteiger partial charge < -0.3 is 90.0 Å². The second-order valence-electron chi connectivity index (χ2n) is 48.0. The van der Waals surface area contributed by atoms with Crippen molar-refractivity contribution in [3.8, 4) is 0 Å². The number of ether oxygens (including phenoxy) is 19. The lowest BCUT2D eigenvalue weighted by Gasteiger charge is -2.44. The van der Waals surface area contributed by atoms with Gasteiger partial charge in [0.1, 0.15) is 50.6 Å². The summed E-state index contributed by atoms with van der Waals surface area (Å²) < 4.78 is 97.1. The molecule has 0 aromatic carbocycles. The predicted octanol–water partition coefficient (Wildman–Crippen LogP) is 17.2. The van der Waals surface area contributed by atoms with Crippen molar-refractivity contribution >= 4 is 101 Å². The van der Waals surface area contributed by atoms with Gasteiger partial charge in [-0.3, -0.25) is 43.2 Å². The van der Waals surface area contributed by atoms with E-state index in [2.05, 4.69) is 69.6 Å². The molecule has 0 saturated carbocycles. The Morgan fingerprint density at radius 2 is 0.400 bits per heavy atom. The van der Waals surface area contributed by atoms with Crippen molar-refractivity contribution in [3.63, 3.8) is 0 Å². The molecule has 814 valence electrons. The molecule has 0 bridgehead atoms. The second kappa shape index (κ2) is 47.0. The first-order chi connectivity index (χ1) is 60.9. The van der Waals surface area contributed by atoms with Gasteiger partial charge in [0, 0.05) is 40.8 Å². The highest BCUT2D eigenvalue weighted by molar-refractivity contribution is 6.01. The number of Topliss-reactive ketones (excluding diaryl/α,β-unsaturated/α-hetero) is 3. The van der Waals surface area contributed by atoms with Gasteiger partial charge in [-0.15, -0.1) is 0 Å². The Balaban J connectivity index is -0.000000488. The summed E-state index contributed by atoms with van der Waals surface area (Å²) >= 11 is 0. The van der Waals surface area contributed by atoms with Crippen molar-refractivity contribution in [2.45, 2.75) is 500 Å². The first-order valence-corrected chi connectivity index (χ1v) is 46.0. The minimum Gasteiger partial charge on any atom is -0.457 e. The molecule has 0 unspecified atom stereocenters. The molecule has 140 heavy (non-hydrogen) atoms. The van der Waals surface area contributed by atoms with Crippen molar-refractivity contribution in [1.82, 2.24) is 0 Å². The Kier molecular flexibility index (Phi) is 46.9. The molecule has 0 aromatic rings. The number of ketones is 3. The van der Waals surface area contributed by atoms with Crippen LogP contribution < -0.4 is 0 Å². The number of epoxide rings is 4. The maximum Gasteiger partial charge on any atom is 0.509 e. The molecule has 7 fully saturated rings. The van der Waals surface area contributed by atoms with Crippen LogP contribution in [0.5, 0.6) is 0 Å². The lowest BCUT2D eigenvalue weighted by molar-refractivity contribution is -0.218. The predicted molar refractivity (Wildman–Crippen MR) is 517 cm³/mol. The third-order valence-electron chi connectivity index (χ3n) is 28.8. The lowest BCUT2D eigenvalue weighted by atomic mass is 9.65. The summed E-state index contributed by atoms with van der Waals surface area (Å²) in [5.74, 6) is -5.49. The third kappa shape index (κ3) is 38.1. The van der Waals surface area contributed by atoms with E-state index >= 15 is 0 Å². The summed E-state index contributed by atoms with van der Waals surface area (Å²) in [4.78, 5) is 199. The van der Waals surface area contributed by atoms with Gasteiger partial charge in [0.2, 0.25) is 33.6 Å². The van der Waals surface area contributed by atoms with Gasteiger partial charge >= 0.3 is 83.9 Å². The topological polar surface area (TPSA) is 496 Å². The van der Waals surface area contributed by atoms with Crippen molar-refractivity contribution in [3.05, 3.63) is 0 Å². The molecular formula is C103H180O37. The molecule has 0 N–H and O–H groups in total. The van der Waals surface area contributed by atoms with E-state index < -0.39 is 182 Å². The summed E-state index contributed by atoms with van der Waals surface area (Å²) in [7, 11) is 6.27. The fourth-order valence-corrected chi connectivity index (χ4v) is 8.77. The highest BCUT2D eigenvalue weighted by atomic mass is 16.8. The molecule has 0 spiro atoms. The molecule has 7 rings (SSSR count). The van der Waals surface area contributed by atoms with E-state index in [0.717, 1.165) is 0 Å². The van der Waals surface area contributed by atoms with Crippen LogP contribution in [0.3, 0.4) is 0 Å². The van der Waals surface area contributed by atoms with Crippen molar-refractivity contribution in [1.29, 1.82) is 0 Å². The zero-order valence-corrected chi connectivity index (χ0v) is 96.6. The highest BCUT2D eigenvalue weighted by Crippen LogP contribution is 2.50. The maximum atomic E-state index is 12.9. The van der Waals surface area contributed by atoms with Crippen LogP contribution >= 0.6 is 0 Å². The van der Waals surface area contributed by atoms with E-state index in [1.165, 1.54) is 118 Å². The number of hydrogen-bond acceptors (Lipinski definition) is 37. The summed E-state index contributed by atoms with van der Waals surface area (Å²) in [5, 5.41) is 0. The molecular weight excluding hydrogens is 1830 g/mol. The number of rotatable bonds is 22. The van der Waals surface area contributed by atoms with Crippen LogP contribution in [0.4, 0.5) is 4.79 Å². The Bertz CT molecular complexity index is 4230. The van der Waals surface area contributed by atoms with Crippen LogP contribution in [0.15, 0.2) is 0 Å². The first-order valence-electron chi connectivity index (χ1n) is 46.0. The van der Waals surface area contributed by atoms with Crippen LogP contribution in [-0.2, 0) is 172 Å². The molecule has 7 aliphatic heterocycles. The van der Waals surface area contributed by atoms with E-state index in [1.54, 1.807) is 174 Å². The van der Waals surface area contributed by atoms with Gasteiger partial charge in [0.05, 0.1) is 49.5 Å². The van der Waals surface area contributed by atoms with E-state index in [0.29, 0.717) is 0 Å². The molecule has 0 amide bonds. The molecule has 7 aliphatic rings. The standard InChI is InChI=1S/C20H36O6.C16H30O4.C13H24O5.C9H18O3.2C8H12O4.C8H12O3.2C6H12O.2C4H6O2.CO2/c1-13(21)18(6,7)25-14(22)16(2,3)17(4,5)15(23)26-20(10,11)19(8,9)24-12;1-11(17)13(2,3)14(4,5)12(18)20-16(8,9)15(6,7)19-10;1-9(14)11(2,3)17-10(15)18-13(6,7)12(4,5)16-8;1-7(10)12-9(4,5)8(2,3)11-6;2*1-7(2)5(9)12-8(3,4)6(10)11-7;1-7(2)5(9)11-6(10)8(7,3)4;2*1-5(2)6(3,4)7-5;2*1-4(2)3(5)6-4;2-1-3/h1-12H3;1-10H3;1-8H3;1-6H3;2*1-4H3;1-4H3;2*1-4H3;2*1-2H3;. The second-order valence-corrected chi connectivity index (χ2v) is 48.0. The Labute approximate surface area is 834 Å². The first kappa shape index (κ1) is 140. The number of carbonyl (C=O) groups is 16. The fourth-order valence-electron chi connectivity index (χ4n) is 8.77. The average Bonchev–Trinajstić information content (AvgIpc) is 1.59. The Morgan fingerprint density at radius 1 is 0.236 bits per heavy atom. The zero-order valence-electron chi connectivity index (χ0n) is 96.6. The molecule has 37 nitrogen and oxygen atoms in total. The number of hydrogen-bond donors (Lipinski definition) is 0. The third-order valence-corrected chi connectivity index (χ3v) is 28.8. The summed E-state index contributed by atoms with van der Waals surface area (Å²) in [6.45, 7) is 96.9. The average molecular weight is 2010 g/mol. The molecule has 0 aliphatic carbocycles. The van der Waals surface area contributed by atoms with Gasteiger partial charge in [-0.05, 0) is 367 Å². The molecule has 7 saturated heterocycles. The zero-order chi connectivity index (χ0) is 114. The quantitative estimate of drug-likeness (QED) is 0.0420. The molecule has 0 atom stereocenters. The number of esters is 10. The van der Waals surface area contributed by atoms with Crippen LogP contribution in [-0.4, -0.2) is 242 Å². The summed E-state index contributed by atoms with van der Waals surface area (Å²) in [6.07, 6.45) is -0.634. The van der Waals surface area contributed by atoms with Crippen LogP contribution in [0.2, 0.25) is 0 Å².